The molecule has 8 nitrogen and oxygen atoms in total. The third kappa shape index (κ3) is 3.16. The standard InChI is InChI=1S/C20H19N5O3S/c26-18-14(10-22-12-24-18)19(27)25-6-2-20(3-7-25)17-13(1-8-28-20)9-16(29-17)15-11-21-4-5-23-15/h4-5,9-12H,1-3,6-8H2,(H,22,24,26). The molecule has 0 aliphatic carbocycles. The Labute approximate surface area is 170 Å². The van der Waals surface area contributed by atoms with E-state index in [4.69, 9.17) is 4.74 Å². The number of hydrogen-bond acceptors (Lipinski definition) is 7. The van der Waals surface area contributed by atoms with Crippen molar-refractivity contribution in [2.75, 3.05) is 19.7 Å². The number of amides is 1. The van der Waals surface area contributed by atoms with Crippen molar-refractivity contribution in [1.82, 2.24) is 24.8 Å². The number of ether oxygens (including phenoxy) is 1. The molecule has 148 valence electrons. The molecule has 1 N–H and O–H groups in total. The van der Waals surface area contributed by atoms with Crippen LogP contribution in [-0.2, 0) is 16.8 Å². The number of thiophene rings is 1. The third-order valence-electron chi connectivity index (χ3n) is 5.60. The number of nitrogens with one attached hydrogen (secondary N) is 1. The highest BCUT2D eigenvalue weighted by molar-refractivity contribution is 7.15. The van der Waals surface area contributed by atoms with Crippen molar-refractivity contribution in [2.45, 2.75) is 24.9 Å². The van der Waals surface area contributed by atoms with Crippen molar-refractivity contribution >= 4 is 17.2 Å². The van der Waals surface area contributed by atoms with Crippen LogP contribution in [0.25, 0.3) is 10.6 Å². The Hall–Kier alpha value is -2.91. The van der Waals surface area contributed by atoms with E-state index in [0.717, 1.165) is 17.0 Å². The molecule has 1 amide bonds. The number of aromatic nitrogens is 4. The van der Waals surface area contributed by atoms with Crippen LogP contribution in [0.3, 0.4) is 0 Å². The van der Waals surface area contributed by atoms with Gasteiger partial charge in [0.25, 0.3) is 11.5 Å². The molecule has 0 radical (unpaired) electrons. The molecular weight excluding hydrogens is 390 g/mol. The molecule has 0 saturated carbocycles. The van der Waals surface area contributed by atoms with E-state index < -0.39 is 5.56 Å². The second-order valence-electron chi connectivity index (χ2n) is 7.24. The average molecular weight is 409 g/mol. The van der Waals surface area contributed by atoms with Crippen molar-refractivity contribution in [3.8, 4) is 10.6 Å². The molecule has 29 heavy (non-hydrogen) atoms. The summed E-state index contributed by atoms with van der Waals surface area (Å²) in [6.45, 7) is 1.73. The van der Waals surface area contributed by atoms with E-state index in [1.807, 2.05) is 0 Å². The molecular formula is C20H19N5O3S. The number of aromatic amines is 1. The lowest BCUT2D eigenvalue weighted by molar-refractivity contribution is -0.0906. The normalized spacial score (nSPS) is 17.9. The van der Waals surface area contributed by atoms with Crippen molar-refractivity contribution in [1.29, 1.82) is 0 Å². The van der Waals surface area contributed by atoms with Gasteiger partial charge in [0, 0.05) is 36.6 Å². The minimum Gasteiger partial charge on any atom is -0.369 e. The first kappa shape index (κ1) is 18.1. The minimum atomic E-state index is -0.409. The summed E-state index contributed by atoms with van der Waals surface area (Å²) in [6.07, 6.45) is 10.0. The fourth-order valence-corrected chi connectivity index (χ4v) is 5.46. The van der Waals surface area contributed by atoms with E-state index >= 15 is 0 Å². The maximum atomic E-state index is 12.7. The van der Waals surface area contributed by atoms with Gasteiger partial charge in [0.1, 0.15) is 11.2 Å². The van der Waals surface area contributed by atoms with E-state index in [0.29, 0.717) is 32.5 Å². The molecule has 0 unspecified atom stereocenters. The number of piperidine rings is 1. The second kappa shape index (κ2) is 7.16. The number of carbonyl (C=O) groups excluding carboxylic acids is 1. The number of fused-ring (bicyclic) bond motifs is 2. The smallest absolute Gasteiger partial charge is 0.263 e. The highest BCUT2D eigenvalue weighted by Gasteiger charge is 2.43. The van der Waals surface area contributed by atoms with Crippen LogP contribution in [0.15, 0.2) is 42.0 Å². The van der Waals surface area contributed by atoms with Crippen LogP contribution >= 0.6 is 11.3 Å². The molecule has 5 heterocycles. The Bertz CT molecular complexity index is 1100. The predicted octanol–water partition coefficient (Wildman–Crippen LogP) is 1.99. The zero-order valence-electron chi connectivity index (χ0n) is 15.6. The molecule has 1 saturated heterocycles. The SMILES string of the molecule is O=C(c1cnc[nH]c1=O)N1CCC2(CC1)OCCc1cc(-c3cnccn3)sc12. The Morgan fingerprint density at radius 2 is 2.07 bits per heavy atom. The van der Waals surface area contributed by atoms with Crippen LogP contribution in [0.4, 0.5) is 0 Å². The van der Waals surface area contributed by atoms with Crippen LogP contribution in [0, 0.1) is 0 Å². The monoisotopic (exact) mass is 409 g/mol. The van der Waals surface area contributed by atoms with Crippen LogP contribution < -0.4 is 5.56 Å². The lowest BCUT2D eigenvalue weighted by Crippen LogP contribution is -2.48. The Morgan fingerprint density at radius 1 is 1.21 bits per heavy atom. The van der Waals surface area contributed by atoms with E-state index in [-0.39, 0.29) is 17.1 Å². The van der Waals surface area contributed by atoms with Crippen LogP contribution in [0.1, 0.15) is 33.6 Å². The summed E-state index contributed by atoms with van der Waals surface area (Å²) < 4.78 is 6.30. The van der Waals surface area contributed by atoms with Gasteiger partial charge >= 0.3 is 0 Å². The van der Waals surface area contributed by atoms with Gasteiger partial charge in [0.15, 0.2) is 0 Å². The Kier molecular flexibility index (Phi) is 4.48. The van der Waals surface area contributed by atoms with Gasteiger partial charge in [-0.15, -0.1) is 11.3 Å². The Balaban J connectivity index is 1.39. The number of hydrogen-bond donors (Lipinski definition) is 1. The molecule has 0 atom stereocenters. The summed E-state index contributed by atoms with van der Waals surface area (Å²) in [5.41, 5.74) is 1.45. The summed E-state index contributed by atoms with van der Waals surface area (Å²) >= 11 is 1.71. The van der Waals surface area contributed by atoms with Gasteiger partial charge in [-0.25, -0.2) is 4.98 Å². The molecule has 1 fully saturated rings. The summed E-state index contributed by atoms with van der Waals surface area (Å²) in [5, 5.41) is 0. The minimum absolute atomic E-state index is 0.0785. The maximum Gasteiger partial charge on any atom is 0.263 e. The fourth-order valence-electron chi connectivity index (χ4n) is 4.08. The maximum absolute atomic E-state index is 12.7. The van der Waals surface area contributed by atoms with Crippen molar-refractivity contribution in [2.24, 2.45) is 0 Å². The molecule has 9 heteroatoms. The highest BCUT2D eigenvalue weighted by Crippen LogP contribution is 2.47. The van der Waals surface area contributed by atoms with Gasteiger partial charge in [-0.1, -0.05) is 0 Å². The van der Waals surface area contributed by atoms with Crippen LogP contribution in [0.5, 0.6) is 0 Å². The first-order valence-corrected chi connectivity index (χ1v) is 10.3. The molecule has 1 spiro atoms. The van der Waals surface area contributed by atoms with E-state index in [9.17, 15) is 9.59 Å². The average Bonchev–Trinajstić information content (AvgIpc) is 3.21. The molecule has 0 bridgehead atoms. The third-order valence-corrected chi connectivity index (χ3v) is 6.98. The summed E-state index contributed by atoms with van der Waals surface area (Å²) in [6, 6.07) is 2.20. The van der Waals surface area contributed by atoms with Crippen molar-refractivity contribution < 1.29 is 9.53 Å². The van der Waals surface area contributed by atoms with Gasteiger partial charge in [-0.05, 0) is 30.9 Å². The van der Waals surface area contributed by atoms with Crippen LogP contribution in [0.2, 0.25) is 0 Å². The largest absolute Gasteiger partial charge is 0.369 e. The van der Waals surface area contributed by atoms with Gasteiger partial charge in [0.05, 0.1) is 29.7 Å². The fraction of sp³-hybridized carbons (Fsp3) is 0.350. The highest BCUT2D eigenvalue weighted by atomic mass is 32.1. The topological polar surface area (TPSA) is 101 Å². The number of nitrogens with zero attached hydrogens (tertiary/aromatic N) is 4. The lowest BCUT2D eigenvalue weighted by Gasteiger charge is -2.43. The molecule has 2 aliphatic rings. The number of likely N-dealkylation sites (tertiary alicyclic amines) is 1. The van der Waals surface area contributed by atoms with Crippen molar-refractivity contribution in [3.05, 3.63) is 63.5 Å². The summed E-state index contributed by atoms with van der Waals surface area (Å²) in [4.78, 5) is 43.6. The summed E-state index contributed by atoms with van der Waals surface area (Å²) in [7, 11) is 0. The zero-order valence-corrected chi connectivity index (χ0v) is 16.4. The molecule has 5 rings (SSSR count). The molecule has 3 aromatic heterocycles. The number of H-pyrrole nitrogens is 1. The molecule has 3 aromatic rings. The number of carbonyl (C=O) groups is 1. The van der Waals surface area contributed by atoms with E-state index in [1.165, 1.54) is 23.0 Å². The number of rotatable bonds is 2. The first-order chi connectivity index (χ1) is 14.2. The quantitative estimate of drug-likeness (QED) is 0.695. The van der Waals surface area contributed by atoms with E-state index in [2.05, 4.69) is 26.0 Å². The van der Waals surface area contributed by atoms with Crippen molar-refractivity contribution in [3.63, 3.8) is 0 Å². The van der Waals surface area contributed by atoms with Gasteiger partial charge < -0.3 is 14.6 Å². The lowest BCUT2D eigenvalue weighted by atomic mass is 9.85. The first-order valence-electron chi connectivity index (χ1n) is 9.52. The second-order valence-corrected chi connectivity index (χ2v) is 8.29. The van der Waals surface area contributed by atoms with Gasteiger partial charge in [-0.2, -0.15) is 0 Å². The summed E-state index contributed by atoms with van der Waals surface area (Å²) in [5.74, 6) is -0.281. The van der Waals surface area contributed by atoms with E-state index in [1.54, 1.807) is 34.8 Å². The zero-order chi connectivity index (χ0) is 19.8. The Morgan fingerprint density at radius 3 is 2.83 bits per heavy atom. The van der Waals surface area contributed by atoms with Gasteiger partial charge in [-0.3, -0.25) is 19.6 Å². The predicted molar refractivity (Wildman–Crippen MR) is 107 cm³/mol. The molecule has 0 aromatic carbocycles. The van der Waals surface area contributed by atoms with Gasteiger partial charge in [0.2, 0.25) is 0 Å². The molecule has 2 aliphatic heterocycles. The van der Waals surface area contributed by atoms with Crippen LogP contribution in [-0.4, -0.2) is 50.4 Å².